The number of morpholine rings is 1. The summed E-state index contributed by atoms with van der Waals surface area (Å²) >= 11 is 3.27. The molecular weight excluding hydrogens is 502 g/mol. The third-order valence-corrected chi connectivity index (χ3v) is 4.47. The van der Waals surface area contributed by atoms with Gasteiger partial charge in [0.05, 0.1) is 13.2 Å². The zero-order chi connectivity index (χ0) is 17.2. The first-order valence-electron chi connectivity index (χ1n) is 8.37. The Bertz CT molecular complexity index is 541. The highest BCUT2D eigenvalue weighted by Gasteiger charge is 2.09. The fourth-order valence-electron chi connectivity index (χ4n) is 2.59. The van der Waals surface area contributed by atoms with E-state index in [1.165, 1.54) is 6.07 Å². The van der Waals surface area contributed by atoms with Gasteiger partial charge in [-0.15, -0.1) is 24.0 Å². The number of ether oxygens (including phenoxy) is 1. The summed E-state index contributed by atoms with van der Waals surface area (Å²) in [6.45, 7) is 6.21. The first-order chi connectivity index (χ1) is 11.7. The van der Waals surface area contributed by atoms with Crippen LogP contribution < -0.4 is 10.6 Å². The molecule has 142 valence electrons. The SMILES string of the molecule is CN=C(NCCCc1ccc(Br)cc1F)NCCN1CCOCC1.I. The summed E-state index contributed by atoms with van der Waals surface area (Å²) in [7, 11) is 1.76. The van der Waals surface area contributed by atoms with Gasteiger partial charge in [-0.3, -0.25) is 9.89 Å². The highest BCUT2D eigenvalue weighted by Crippen LogP contribution is 2.16. The summed E-state index contributed by atoms with van der Waals surface area (Å²) in [5, 5.41) is 6.58. The number of hydrogen-bond acceptors (Lipinski definition) is 3. The molecule has 0 atom stereocenters. The first-order valence-corrected chi connectivity index (χ1v) is 9.17. The van der Waals surface area contributed by atoms with Gasteiger partial charge in [0.2, 0.25) is 0 Å². The van der Waals surface area contributed by atoms with Crippen molar-refractivity contribution < 1.29 is 9.13 Å². The van der Waals surface area contributed by atoms with Crippen molar-refractivity contribution in [2.75, 3.05) is 53.0 Å². The Kier molecular flexibility index (Phi) is 11.6. The second kappa shape index (κ2) is 12.8. The van der Waals surface area contributed by atoms with E-state index in [0.717, 1.165) is 68.4 Å². The van der Waals surface area contributed by atoms with Crippen LogP contribution >= 0.6 is 39.9 Å². The van der Waals surface area contributed by atoms with Gasteiger partial charge >= 0.3 is 0 Å². The van der Waals surface area contributed by atoms with E-state index in [1.807, 2.05) is 12.1 Å². The molecule has 0 aliphatic carbocycles. The quantitative estimate of drug-likeness (QED) is 0.247. The third kappa shape index (κ3) is 8.65. The van der Waals surface area contributed by atoms with Crippen LogP contribution in [0.3, 0.4) is 0 Å². The molecule has 1 fully saturated rings. The predicted molar refractivity (Wildman–Crippen MR) is 114 cm³/mol. The standard InChI is InChI=1S/C17H26BrFN4O.HI/c1-20-17(22-7-8-23-9-11-24-12-10-23)21-6-2-3-14-4-5-15(18)13-16(14)19;/h4-5,13H,2-3,6-12H2,1H3,(H2,20,21,22);1H. The van der Waals surface area contributed by atoms with E-state index in [4.69, 9.17) is 4.74 Å². The molecule has 1 aromatic carbocycles. The second-order valence-electron chi connectivity index (χ2n) is 5.72. The van der Waals surface area contributed by atoms with Gasteiger partial charge < -0.3 is 15.4 Å². The molecule has 1 aliphatic rings. The Morgan fingerprint density at radius 2 is 2.00 bits per heavy atom. The lowest BCUT2D eigenvalue weighted by Crippen LogP contribution is -2.44. The molecule has 0 spiro atoms. The molecule has 1 heterocycles. The average molecular weight is 529 g/mol. The molecule has 1 aromatic rings. The Morgan fingerprint density at radius 3 is 2.68 bits per heavy atom. The number of nitrogens with one attached hydrogen (secondary N) is 2. The molecule has 0 unspecified atom stereocenters. The minimum atomic E-state index is -0.155. The number of guanidine groups is 1. The number of nitrogens with zero attached hydrogens (tertiary/aromatic N) is 2. The monoisotopic (exact) mass is 528 g/mol. The van der Waals surface area contributed by atoms with Gasteiger partial charge in [0.15, 0.2) is 5.96 Å². The van der Waals surface area contributed by atoms with Crippen LogP contribution in [0.25, 0.3) is 0 Å². The number of rotatable bonds is 7. The smallest absolute Gasteiger partial charge is 0.191 e. The summed E-state index contributed by atoms with van der Waals surface area (Å²) in [5.74, 6) is 0.636. The molecule has 25 heavy (non-hydrogen) atoms. The van der Waals surface area contributed by atoms with Crippen molar-refractivity contribution in [2.45, 2.75) is 12.8 Å². The number of aliphatic imine (C=N–C) groups is 1. The van der Waals surface area contributed by atoms with Gasteiger partial charge in [-0.05, 0) is 30.5 Å². The topological polar surface area (TPSA) is 48.9 Å². The van der Waals surface area contributed by atoms with E-state index in [9.17, 15) is 4.39 Å². The molecule has 0 amide bonds. The van der Waals surface area contributed by atoms with Crippen molar-refractivity contribution in [3.63, 3.8) is 0 Å². The van der Waals surface area contributed by atoms with Crippen LogP contribution in [0, 0.1) is 5.82 Å². The van der Waals surface area contributed by atoms with Crippen molar-refractivity contribution in [3.05, 3.63) is 34.1 Å². The van der Waals surface area contributed by atoms with E-state index in [0.29, 0.717) is 6.42 Å². The zero-order valence-electron chi connectivity index (χ0n) is 14.6. The van der Waals surface area contributed by atoms with Crippen molar-refractivity contribution in [3.8, 4) is 0 Å². The molecular formula is C17H27BrFIN4O. The highest BCUT2D eigenvalue weighted by molar-refractivity contribution is 14.0. The largest absolute Gasteiger partial charge is 0.379 e. The van der Waals surface area contributed by atoms with Crippen molar-refractivity contribution in [1.29, 1.82) is 0 Å². The maximum Gasteiger partial charge on any atom is 0.191 e. The van der Waals surface area contributed by atoms with E-state index < -0.39 is 0 Å². The Morgan fingerprint density at radius 1 is 1.28 bits per heavy atom. The van der Waals surface area contributed by atoms with E-state index in [2.05, 4.69) is 36.5 Å². The van der Waals surface area contributed by atoms with Gasteiger partial charge in [0, 0.05) is 44.2 Å². The molecule has 1 aliphatic heterocycles. The number of halogens is 3. The lowest BCUT2D eigenvalue weighted by molar-refractivity contribution is 0.0389. The maximum atomic E-state index is 13.7. The Labute approximate surface area is 174 Å². The van der Waals surface area contributed by atoms with Crippen LogP contribution in [0.4, 0.5) is 4.39 Å². The van der Waals surface area contributed by atoms with Crippen molar-refractivity contribution in [2.24, 2.45) is 4.99 Å². The average Bonchev–Trinajstić information content (AvgIpc) is 2.59. The van der Waals surface area contributed by atoms with E-state index in [1.54, 1.807) is 7.05 Å². The number of aryl methyl sites for hydroxylation is 1. The molecule has 2 rings (SSSR count). The number of hydrogen-bond donors (Lipinski definition) is 2. The van der Waals surface area contributed by atoms with Crippen LogP contribution in [0.15, 0.2) is 27.7 Å². The molecule has 2 N–H and O–H groups in total. The fourth-order valence-corrected chi connectivity index (χ4v) is 2.92. The number of benzene rings is 1. The third-order valence-electron chi connectivity index (χ3n) is 3.98. The van der Waals surface area contributed by atoms with Crippen molar-refractivity contribution >= 4 is 45.9 Å². The normalized spacial score (nSPS) is 15.6. The molecule has 0 radical (unpaired) electrons. The summed E-state index contributed by atoms with van der Waals surface area (Å²) in [5.41, 5.74) is 0.746. The van der Waals surface area contributed by atoms with Gasteiger partial charge in [0.25, 0.3) is 0 Å². The zero-order valence-corrected chi connectivity index (χ0v) is 18.5. The van der Waals surface area contributed by atoms with Crippen LogP contribution in [-0.2, 0) is 11.2 Å². The van der Waals surface area contributed by atoms with Gasteiger partial charge in [-0.2, -0.15) is 0 Å². The molecule has 8 heteroatoms. The van der Waals surface area contributed by atoms with Crippen molar-refractivity contribution in [1.82, 2.24) is 15.5 Å². The fraction of sp³-hybridized carbons (Fsp3) is 0.588. The van der Waals surface area contributed by atoms with E-state index >= 15 is 0 Å². The Balaban J connectivity index is 0.00000312. The summed E-state index contributed by atoms with van der Waals surface area (Å²) in [6.07, 6.45) is 1.56. The van der Waals surface area contributed by atoms with Gasteiger partial charge in [0.1, 0.15) is 5.82 Å². The minimum Gasteiger partial charge on any atom is -0.379 e. The molecule has 0 bridgehead atoms. The highest BCUT2D eigenvalue weighted by atomic mass is 127. The summed E-state index contributed by atoms with van der Waals surface area (Å²) in [6, 6.07) is 5.21. The molecule has 0 saturated carbocycles. The summed E-state index contributed by atoms with van der Waals surface area (Å²) < 4.78 is 19.9. The van der Waals surface area contributed by atoms with E-state index in [-0.39, 0.29) is 29.8 Å². The first kappa shape index (κ1) is 22.6. The minimum absolute atomic E-state index is 0. The van der Waals surface area contributed by atoms with Gasteiger partial charge in [-0.25, -0.2) is 4.39 Å². The predicted octanol–water partition coefficient (Wildman–Crippen LogP) is 2.64. The summed E-state index contributed by atoms with van der Waals surface area (Å²) in [4.78, 5) is 6.59. The Hall–Kier alpha value is -0.450. The second-order valence-corrected chi connectivity index (χ2v) is 6.63. The molecule has 5 nitrogen and oxygen atoms in total. The van der Waals surface area contributed by atoms with Crippen LogP contribution in [0.2, 0.25) is 0 Å². The van der Waals surface area contributed by atoms with Gasteiger partial charge in [-0.1, -0.05) is 22.0 Å². The van der Waals surface area contributed by atoms with Crippen LogP contribution in [0.5, 0.6) is 0 Å². The lowest BCUT2D eigenvalue weighted by Gasteiger charge is -2.26. The van der Waals surface area contributed by atoms with Crippen LogP contribution in [0.1, 0.15) is 12.0 Å². The maximum absolute atomic E-state index is 13.7. The molecule has 1 saturated heterocycles. The molecule has 0 aromatic heterocycles. The lowest BCUT2D eigenvalue weighted by atomic mass is 10.1. The van der Waals surface area contributed by atoms with Crippen LogP contribution in [-0.4, -0.2) is 63.8 Å².